The van der Waals surface area contributed by atoms with Crippen molar-refractivity contribution in [3.8, 4) is 5.75 Å². The zero-order valence-corrected chi connectivity index (χ0v) is 18.0. The summed E-state index contributed by atoms with van der Waals surface area (Å²) in [4.78, 5) is 2.35. The molecule has 7 heteroatoms. The molecule has 152 valence electrons. The molecule has 1 aliphatic rings. The van der Waals surface area contributed by atoms with Crippen LogP contribution in [0.1, 0.15) is 30.4 Å². The number of rotatable bonds is 7. The molecule has 0 bridgehead atoms. The van der Waals surface area contributed by atoms with Crippen molar-refractivity contribution in [1.82, 2.24) is 9.21 Å². The Kier molecular flexibility index (Phi) is 6.99. The maximum atomic E-state index is 12.9. The summed E-state index contributed by atoms with van der Waals surface area (Å²) in [7, 11) is 0.509. The summed E-state index contributed by atoms with van der Waals surface area (Å²) in [5, 5.41) is 0.502. The molecule has 2 aromatic carbocycles. The van der Waals surface area contributed by atoms with Crippen LogP contribution in [-0.2, 0) is 23.2 Å². The van der Waals surface area contributed by atoms with E-state index in [9.17, 15) is 8.42 Å². The lowest BCUT2D eigenvalue weighted by molar-refractivity contribution is 0.295. The standard InChI is InChI=1S/C21H27ClN2O3S/c1-23(2)15-17-8-4-5-9-21(17)27-16-18-14-19(10-11-20(18)22)28(25,26)24-12-6-3-7-13-24/h4-5,8-11,14H,3,6-7,12-13,15-16H2,1-2H3. The Hall–Kier alpha value is -1.60. The number of benzene rings is 2. The first-order valence-electron chi connectivity index (χ1n) is 9.52. The van der Waals surface area contributed by atoms with Gasteiger partial charge in [-0.3, -0.25) is 0 Å². The van der Waals surface area contributed by atoms with Gasteiger partial charge in [0.25, 0.3) is 0 Å². The number of halogens is 1. The van der Waals surface area contributed by atoms with E-state index in [0.717, 1.165) is 37.1 Å². The van der Waals surface area contributed by atoms with Gasteiger partial charge >= 0.3 is 0 Å². The summed E-state index contributed by atoms with van der Waals surface area (Å²) >= 11 is 6.33. The lowest BCUT2D eigenvalue weighted by Gasteiger charge is -2.26. The second-order valence-electron chi connectivity index (χ2n) is 7.35. The highest BCUT2D eigenvalue weighted by Gasteiger charge is 2.26. The van der Waals surface area contributed by atoms with Crippen LogP contribution in [0.3, 0.4) is 0 Å². The summed E-state index contributed by atoms with van der Waals surface area (Å²) in [6.07, 6.45) is 2.90. The van der Waals surface area contributed by atoms with Crippen molar-refractivity contribution in [3.63, 3.8) is 0 Å². The van der Waals surface area contributed by atoms with Crippen LogP contribution in [0.15, 0.2) is 47.4 Å². The molecule has 28 heavy (non-hydrogen) atoms. The lowest BCUT2D eigenvalue weighted by Crippen LogP contribution is -2.35. The highest BCUT2D eigenvalue weighted by molar-refractivity contribution is 7.89. The minimum atomic E-state index is -3.50. The first kappa shape index (κ1) is 21.1. The number of hydrogen-bond acceptors (Lipinski definition) is 4. The monoisotopic (exact) mass is 422 g/mol. The Balaban J connectivity index is 1.79. The van der Waals surface area contributed by atoms with Crippen molar-refractivity contribution in [2.45, 2.75) is 37.3 Å². The first-order valence-corrected chi connectivity index (χ1v) is 11.3. The molecule has 0 spiro atoms. The van der Waals surface area contributed by atoms with Gasteiger partial charge in [-0.25, -0.2) is 8.42 Å². The van der Waals surface area contributed by atoms with E-state index in [-0.39, 0.29) is 11.5 Å². The largest absolute Gasteiger partial charge is 0.489 e. The van der Waals surface area contributed by atoms with Gasteiger partial charge in [0.1, 0.15) is 12.4 Å². The van der Waals surface area contributed by atoms with Gasteiger partial charge in [0.15, 0.2) is 0 Å². The summed E-state index contributed by atoms with van der Waals surface area (Å²) < 4.78 is 33.4. The molecule has 3 rings (SSSR count). The van der Waals surface area contributed by atoms with Crippen molar-refractivity contribution in [2.24, 2.45) is 0 Å². The maximum Gasteiger partial charge on any atom is 0.243 e. The van der Waals surface area contributed by atoms with E-state index in [4.69, 9.17) is 16.3 Å². The summed E-state index contributed by atoms with van der Waals surface area (Å²) in [6, 6.07) is 12.7. The molecule has 0 amide bonds. The van der Waals surface area contributed by atoms with E-state index < -0.39 is 10.0 Å². The first-order chi connectivity index (χ1) is 13.4. The molecule has 1 saturated heterocycles. The highest BCUT2D eigenvalue weighted by atomic mass is 35.5. The minimum Gasteiger partial charge on any atom is -0.489 e. The van der Waals surface area contributed by atoms with Crippen LogP contribution in [0.4, 0.5) is 0 Å². The fourth-order valence-electron chi connectivity index (χ4n) is 3.35. The molecule has 0 atom stereocenters. The topological polar surface area (TPSA) is 49.9 Å². The van der Waals surface area contributed by atoms with E-state index in [1.165, 1.54) is 0 Å². The van der Waals surface area contributed by atoms with Crippen LogP contribution in [0.2, 0.25) is 5.02 Å². The molecule has 1 heterocycles. The Labute approximate surface area is 172 Å². The average Bonchev–Trinajstić information content (AvgIpc) is 2.68. The molecule has 0 N–H and O–H groups in total. The third kappa shape index (κ3) is 5.06. The highest BCUT2D eigenvalue weighted by Crippen LogP contribution is 2.27. The van der Waals surface area contributed by atoms with Crippen LogP contribution in [0.5, 0.6) is 5.75 Å². The molecule has 0 radical (unpaired) electrons. The van der Waals surface area contributed by atoms with Crippen LogP contribution in [0, 0.1) is 0 Å². The average molecular weight is 423 g/mol. The van der Waals surface area contributed by atoms with E-state index in [1.807, 2.05) is 38.4 Å². The van der Waals surface area contributed by atoms with Gasteiger partial charge in [-0.2, -0.15) is 4.31 Å². The summed E-state index contributed by atoms with van der Waals surface area (Å²) in [6.45, 7) is 2.13. The molecule has 1 fully saturated rings. The van der Waals surface area contributed by atoms with Crippen molar-refractivity contribution in [2.75, 3.05) is 27.2 Å². The van der Waals surface area contributed by atoms with Gasteiger partial charge in [-0.1, -0.05) is 36.2 Å². The number of ether oxygens (including phenoxy) is 1. The zero-order chi connectivity index (χ0) is 20.1. The van der Waals surface area contributed by atoms with Gasteiger partial charge in [0, 0.05) is 35.8 Å². The molecular formula is C21H27ClN2O3S. The Morgan fingerprint density at radius 1 is 1.04 bits per heavy atom. The molecule has 0 saturated carbocycles. The molecule has 2 aromatic rings. The van der Waals surface area contributed by atoms with E-state index in [0.29, 0.717) is 23.7 Å². The number of piperidine rings is 1. The maximum absolute atomic E-state index is 12.9. The van der Waals surface area contributed by atoms with Crippen LogP contribution < -0.4 is 4.74 Å². The molecule has 1 aliphatic heterocycles. The number of nitrogens with zero attached hydrogens (tertiary/aromatic N) is 2. The number of sulfonamides is 1. The van der Waals surface area contributed by atoms with Gasteiger partial charge < -0.3 is 9.64 Å². The Bertz CT molecular complexity index is 910. The molecule has 0 aliphatic carbocycles. The van der Waals surface area contributed by atoms with E-state index in [1.54, 1.807) is 22.5 Å². The van der Waals surface area contributed by atoms with Gasteiger partial charge in [0.2, 0.25) is 10.0 Å². The molecular weight excluding hydrogens is 396 g/mol. The second kappa shape index (κ2) is 9.27. The van der Waals surface area contributed by atoms with E-state index >= 15 is 0 Å². The lowest BCUT2D eigenvalue weighted by atomic mass is 10.2. The van der Waals surface area contributed by atoms with Crippen molar-refractivity contribution in [1.29, 1.82) is 0 Å². The second-order valence-corrected chi connectivity index (χ2v) is 9.70. The Morgan fingerprint density at radius 3 is 2.46 bits per heavy atom. The molecule has 5 nitrogen and oxygen atoms in total. The predicted molar refractivity (Wildman–Crippen MR) is 112 cm³/mol. The van der Waals surface area contributed by atoms with Crippen molar-refractivity contribution >= 4 is 21.6 Å². The SMILES string of the molecule is CN(C)Cc1ccccc1OCc1cc(S(=O)(=O)N2CCCCC2)ccc1Cl. The van der Waals surface area contributed by atoms with Gasteiger partial charge in [0.05, 0.1) is 4.90 Å². The minimum absolute atomic E-state index is 0.215. The normalized spacial score (nSPS) is 15.7. The Morgan fingerprint density at radius 2 is 1.75 bits per heavy atom. The van der Waals surface area contributed by atoms with Crippen LogP contribution in [-0.4, -0.2) is 44.8 Å². The van der Waals surface area contributed by atoms with Crippen molar-refractivity contribution in [3.05, 3.63) is 58.6 Å². The van der Waals surface area contributed by atoms with Gasteiger partial charge in [-0.05, 0) is 51.2 Å². The summed E-state index contributed by atoms with van der Waals surface area (Å²) in [5.74, 6) is 0.775. The molecule has 0 unspecified atom stereocenters. The number of para-hydroxylation sites is 1. The quantitative estimate of drug-likeness (QED) is 0.672. The summed E-state index contributed by atoms with van der Waals surface area (Å²) in [5.41, 5.74) is 1.74. The smallest absolute Gasteiger partial charge is 0.243 e. The van der Waals surface area contributed by atoms with E-state index in [2.05, 4.69) is 4.90 Å². The van der Waals surface area contributed by atoms with Crippen LogP contribution in [0.25, 0.3) is 0 Å². The van der Waals surface area contributed by atoms with Crippen LogP contribution >= 0.6 is 11.6 Å². The third-order valence-corrected chi connectivity index (χ3v) is 7.08. The zero-order valence-electron chi connectivity index (χ0n) is 16.4. The third-order valence-electron chi connectivity index (χ3n) is 4.81. The van der Waals surface area contributed by atoms with Gasteiger partial charge in [-0.15, -0.1) is 0 Å². The number of hydrogen-bond donors (Lipinski definition) is 0. The van der Waals surface area contributed by atoms with Crippen molar-refractivity contribution < 1.29 is 13.2 Å². The predicted octanol–water partition coefficient (Wildman–Crippen LogP) is 4.16. The fraction of sp³-hybridized carbons (Fsp3) is 0.429. The fourth-order valence-corrected chi connectivity index (χ4v) is 5.09. The molecule has 0 aromatic heterocycles.